The highest BCUT2D eigenvalue weighted by molar-refractivity contribution is 7.90. The highest BCUT2D eigenvalue weighted by Crippen LogP contribution is 2.33. The van der Waals surface area contributed by atoms with Crippen LogP contribution in [0.1, 0.15) is 26.2 Å². The molecule has 3 N–H and O–H groups in total. The number of ether oxygens (including phenoxy) is 2. The molecular weight excluding hydrogens is 568 g/mol. The van der Waals surface area contributed by atoms with E-state index in [0.717, 1.165) is 22.2 Å². The van der Waals surface area contributed by atoms with Gasteiger partial charge in [0.05, 0.1) is 29.3 Å². The lowest BCUT2D eigenvalue weighted by Gasteiger charge is -2.20. The van der Waals surface area contributed by atoms with Gasteiger partial charge < -0.3 is 20.1 Å². The quantitative estimate of drug-likeness (QED) is 0.236. The molecule has 0 saturated carbocycles. The standard InChI is InChI=1S/C32H34N4O6S/c1-3-10-26(32(38)36-43(39,40)24-13-8-5-9-14-24)35-31(37)29-18-23(20-33-29)42-30-19-27(21-11-6-4-7-12-21)34-28-17-22(41-2)15-16-25(28)30/h4-9,11-17,19,23,26,29,33H,3,10,18,20H2,1-2H3,(H,35,37)(H,36,38)/t23?,26-,29?/m0/s1. The number of nitrogens with one attached hydrogen (secondary N) is 3. The first-order chi connectivity index (χ1) is 20.8. The van der Waals surface area contributed by atoms with Crippen molar-refractivity contribution in [3.63, 3.8) is 0 Å². The van der Waals surface area contributed by atoms with E-state index in [1.807, 2.05) is 61.5 Å². The molecule has 0 spiro atoms. The molecule has 0 bridgehead atoms. The lowest BCUT2D eigenvalue weighted by molar-refractivity contribution is -0.129. The van der Waals surface area contributed by atoms with Crippen LogP contribution >= 0.6 is 0 Å². The van der Waals surface area contributed by atoms with Crippen molar-refractivity contribution >= 4 is 32.7 Å². The average molecular weight is 603 g/mol. The van der Waals surface area contributed by atoms with Gasteiger partial charge in [-0.3, -0.25) is 9.59 Å². The third-order valence-electron chi connectivity index (χ3n) is 7.25. The summed E-state index contributed by atoms with van der Waals surface area (Å²) >= 11 is 0. The van der Waals surface area contributed by atoms with Crippen LogP contribution in [0.5, 0.6) is 11.5 Å². The van der Waals surface area contributed by atoms with E-state index >= 15 is 0 Å². The van der Waals surface area contributed by atoms with E-state index in [2.05, 4.69) is 15.4 Å². The minimum atomic E-state index is -4.07. The van der Waals surface area contributed by atoms with Gasteiger partial charge in [-0.15, -0.1) is 0 Å². The molecule has 224 valence electrons. The molecule has 0 aliphatic carbocycles. The van der Waals surface area contributed by atoms with E-state index in [0.29, 0.717) is 30.9 Å². The number of aromatic nitrogens is 1. The smallest absolute Gasteiger partial charge is 0.264 e. The summed E-state index contributed by atoms with van der Waals surface area (Å²) in [5, 5.41) is 6.72. The molecule has 1 saturated heterocycles. The van der Waals surface area contributed by atoms with Gasteiger partial charge in [-0.25, -0.2) is 18.1 Å². The van der Waals surface area contributed by atoms with Gasteiger partial charge in [0.1, 0.15) is 23.6 Å². The van der Waals surface area contributed by atoms with Crippen molar-refractivity contribution in [1.82, 2.24) is 20.3 Å². The lowest BCUT2D eigenvalue weighted by atomic mass is 10.1. The van der Waals surface area contributed by atoms with Crippen molar-refractivity contribution in [2.45, 2.75) is 49.3 Å². The summed E-state index contributed by atoms with van der Waals surface area (Å²) in [5.41, 5.74) is 2.40. The summed E-state index contributed by atoms with van der Waals surface area (Å²) in [6.45, 7) is 2.26. The zero-order valence-corrected chi connectivity index (χ0v) is 24.8. The van der Waals surface area contributed by atoms with Crippen LogP contribution in [0.15, 0.2) is 89.8 Å². The Morgan fingerprint density at radius 1 is 1.02 bits per heavy atom. The predicted octanol–water partition coefficient (Wildman–Crippen LogP) is 3.81. The number of sulfonamides is 1. The number of hydrogen-bond donors (Lipinski definition) is 3. The SMILES string of the molecule is CCC[C@H](NC(=O)C1CC(Oc2cc(-c3ccccc3)nc3cc(OC)ccc23)CN1)C(=O)NS(=O)(=O)c1ccccc1. The molecular formula is C32H34N4O6S. The van der Waals surface area contributed by atoms with Crippen molar-refractivity contribution in [1.29, 1.82) is 0 Å². The first kappa shape index (κ1) is 30.0. The zero-order chi connectivity index (χ0) is 30.4. The van der Waals surface area contributed by atoms with E-state index in [9.17, 15) is 18.0 Å². The van der Waals surface area contributed by atoms with E-state index in [1.54, 1.807) is 25.3 Å². The van der Waals surface area contributed by atoms with Crippen molar-refractivity contribution < 1.29 is 27.5 Å². The van der Waals surface area contributed by atoms with Crippen LogP contribution in [0.4, 0.5) is 0 Å². The normalized spacial score (nSPS) is 17.3. The second-order valence-corrected chi connectivity index (χ2v) is 12.0. The highest BCUT2D eigenvalue weighted by Gasteiger charge is 2.34. The fourth-order valence-electron chi connectivity index (χ4n) is 5.02. The number of rotatable bonds is 11. The van der Waals surface area contributed by atoms with E-state index in [-0.39, 0.29) is 17.4 Å². The van der Waals surface area contributed by atoms with Gasteiger partial charge >= 0.3 is 0 Å². The van der Waals surface area contributed by atoms with Crippen LogP contribution < -0.4 is 24.8 Å². The van der Waals surface area contributed by atoms with Crippen molar-refractivity contribution in [3.8, 4) is 22.8 Å². The summed E-state index contributed by atoms with van der Waals surface area (Å²) in [6, 6.07) is 23.3. The van der Waals surface area contributed by atoms with Gasteiger partial charge in [-0.05, 0) is 30.7 Å². The Morgan fingerprint density at radius 2 is 1.74 bits per heavy atom. The Kier molecular flexibility index (Phi) is 9.22. The number of methoxy groups -OCH3 is 1. The Balaban J connectivity index is 1.28. The van der Waals surface area contributed by atoms with Crippen LogP contribution in [-0.2, 0) is 19.6 Å². The molecule has 1 aliphatic heterocycles. The third-order valence-corrected chi connectivity index (χ3v) is 8.61. The van der Waals surface area contributed by atoms with Crippen LogP contribution in [0.2, 0.25) is 0 Å². The first-order valence-electron chi connectivity index (χ1n) is 14.1. The number of pyridine rings is 1. The van der Waals surface area contributed by atoms with Crippen LogP contribution in [-0.4, -0.2) is 57.1 Å². The number of fused-ring (bicyclic) bond motifs is 1. The second kappa shape index (κ2) is 13.2. The Bertz CT molecular complexity index is 1700. The maximum Gasteiger partial charge on any atom is 0.264 e. The van der Waals surface area contributed by atoms with E-state index in [1.165, 1.54) is 12.1 Å². The molecule has 2 unspecified atom stereocenters. The molecule has 0 radical (unpaired) electrons. The topological polar surface area (TPSA) is 136 Å². The largest absolute Gasteiger partial charge is 0.497 e. The number of amides is 2. The molecule has 10 nitrogen and oxygen atoms in total. The Labute approximate surface area is 250 Å². The average Bonchev–Trinajstić information content (AvgIpc) is 3.49. The molecule has 1 aliphatic rings. The van der Waals surface area contributed by atoms with Gasteiger partial charge in [0.25, 0.3) is 15.9 Å². The molecule has 11 heteroatoms. The second-order valence-electron chi connectivity index (χ2n) is 10.3. The van der Waals surface area contributed by atoms with Crippen LogP contribution in [0.25, 0.3) is 22.2 Å². The number of benzene rings is 3. The molecule has 4 aromatic rings. The minimum absolute atomic E-state index is 0.0279. The van der Waals surface area contributed by atoms with Gasteiger partial charge in [0.2, 0.25) is 5.91 Å². The van der Waals surface area contributed by atoms with Gasteiger partial charge in [0, 0.05) is 36.0 Å². The molecule has 1 aromatic heterocycles. The maximum atomic E-state index is 13.2. The highest BCUT2D eigenvalue weighted by atomic mass is 32.2. The summed E-state index contributed by atoms with van der Waals surface area (Å²) < 4.78 is 39.3. The minimum Gasteiger partial charge on any atom is -0.497 e. The number of carbonyl (C=O) groups excluding carboxylic acids is 2. The molecule has 1 fully saturated rings. The lowest BCUT2D eigenvalue weighted by Crippen LogP contribution is -2.52. The van der Waals surface area contributed by atoms with E-state index < -0.39 is 33.9 Å². The molecule has 2 amide bonds. The fourth-order valence-corrected chi connectivity index (χ4v) is 6.06. The number of nitrogens with zero attached hydrogens (tertiary/aromatic N) is 1. The van der Waals surface area contributed by atoms with Crippen molar-refractivity contribution in [3.05, 3.63) is 84.9 Å². The van der Waals surface area contributed by atoms with Crippen molar-refractivity contribution in [2.24, 2.45) is 0 Å². The van der Waals surface area contributed by atoms with Gasteiger partial charge in [-0.2, -0.15) is 0 Å². The Hall–Kier alpha value is -4.48. The van der Waals surface area contributed by atoms with Gasteiger partial charge in [-0.1, -0.05) is 61.9 Å². The summed E-state index contributed by atoms with van der Waals surface area (Å²) in [4.78, 5) is 30.9. The fraction of sp³-hybridized carbons (Fsp3) is 0.281. The maximum absolute atomic E-state index is 13.2. The summed E-state index contributed by atoms with van der Waals surface area (Å²) in [6.07, 6.45) is 0.874. The van der Waals surface area contributed by atoms with Crippen molar-refractivity contribution in [2.75, 3.05) is 13.7 Å². The first-order valence-corrected chi connectivity index (χ1v) is 15.6. The molecule has 3 atom stereocenters. The summed E-state index contributed by atoms with van der Waals surface area (Å²) in [5.74, 6) is 0.134. The number of carbonyl (C=O) groups is 2. The van der Waals surface area contributed by atoms with Gasteiger partial charge in [0.15, 0.2) is 0 Å². The molecule has 3 aromatic carbocycles. The summed E-state index contributed by atoms with van der Waals surface area (Å²) in [7, 11) is -2.46. The number of hydrogen-bond acceptors (Lipinski definition) is 8. The monoisotopic (exact) mass is 602 g/mol. The third kappa shape index (κ3) is 7.12. The van der Waals surface area contributed by atoms with Crippen LogP contribution in [0.3, 0.4) is 0 Å². The molecule has 5 rings (SSSR count). The molecule has 2 heterocycles. The van der Waals surface area contributed by atoms with E-state index in [4.69, 9.17) is 14.5 Å². The zero-order valence-electron chi connectivity index (χ0n) is 23.9. The predicted molar refractivity (Wildman–Crippen MR) is 163 cm³/mol. The molecule has 43 heavy (non-hydrogen) atoms. The van der Waals surface area contributed by atoms with Crippen LogP contribution in [0, 0.1) is 0 Å². The Morgan fingerprint density at radius 3 is 2.44 bits per heavy atom.